The van der Waals surface area contributed by atoms with E-state index in [1.54, 1.807) is 12.1 Å². The van der Waals surface area contributed by atoms with Crippen LogP contribution >= 0.6 is 0 Å². The SMILES string of the molecule is CCCCCC(O)C=CC1=C(CC(O)CO)C(CCCC2NC(C)CCCC2CC(=O)O)NC(C(C)(O)Cc2ccc(O)cc2)CC#Cc2ccccc2CC1. The summed E-state index contributed by atoms with van der Waals surface area (Å²) in [5, 5.41) is 72.0. The number of aliphatic carboxylic acids is 1. The predicted molar refractivity (Wildman–Crippen MR) is 223 cm³/mol. The number of aromatic hydroxyl groups is 1. The first kappa shape index (κ1) is 45.2. The minimum atomic E-state index is -1.29. The monoisotopic (exact) mass is 773 g/mol. The standard InChI is InChI=1S/C47H68N2O7/c1-4-5-6-17-39(51)28-25-37-24-23-36-14-8-7-13-35(36)15-10-20-45(47(3,56)31-34-21-26-40(52)27-22-34)49-44(42(37)30-41(53)32-50)19-11-18-43-38(29-46(54)55)16-9-12-33(2)48-43/h7-8,13-14,21-22,25-28,33,38-39,41,43-45,48-53,56H,4-6,9,11-12,16-20,23-24,29-32H2,1-3H3,(H,54,55). The van der Waals surface area contributed by atoms with Gasteiger partial charge in [0.05, 0.1) is 24.4 Å². The molecule has 4 rings (SSSR count). The molecule has 1 fully saturated rings. The second-order valence-corrected chi connectivity index (χ2v) is 16.5. The van der Waals surface area contributed by atoms with Crippen molar-refractivity contribution < 1.29 is 35.4 Å². The first-order valence-electron chi connectivity index (χ1n) is 21.1. The summed E-state index contributed by atoms with van der Waals surface area (Å²) in [6.07, 6.45) is 13.1. The van der Waals surface area contributed by atoms with E-state index in [1.165, 1.54) is 0 Å². The van der Waals surface area contributed by atoms with Crippen LogP contribution in [0.25, 0.3) is 0 Å². The molecule has 0 spiro atoms. The van der Waals surface area contributed by atoms with E-state index >= 15 is 0 Å². The molecule has 2 heterocycles. The zero-order chi connectivity index (χ0) is 40.5. The van der Waals surface area contributed by atoms with Crippen molar-refractivity contribution in [1.29, 1.82) is 0 Å². The molecule has 0 radical (unpaired) electrons. The van der Waals surface area contributed by atoms with Crippen molar-refractivity contribution >= 4 is 5.97 Å². The predicted octanol–water partition coefficient (Wildman–Crippen LogP) is 6.73. The van der Waals surface area contributed by atoms with E-state index in [1.807, 2.05) is 49.4 Å². The fraction of sp³-hybridized carbons (Fsp3) is 0.596. The maximum atomic E-state index is 12.3. The van der Waals surface area contributed by atoms with Gasteiger partial charge in [0.1, 0.15) is 5.75 Å². The number of hydrogen-bond donors (Lipinski definition) is 8. The number of aryl methyl sites for hydroxylation is 1. The van der Waals surface area contributed by atoms with Gasteiger partial charge >= 0.3 is 5.97 Å². The van der Waals surface area contributed by atoms with E-state index in [-0.39, 0.29) is 42.6 Å². The lowest BCUT2D eigenvalue weighted by Crippen LogP contribution is -2.54. The number of aliphatic hydroxyl groups is 4. The maximum absolute atomic E-state index is 12.3. The van der Waals surface area contributed by atoms with Crippen molar-refractivity contribution in [2.45, 2.75) is 165 Å². The normalized spacial score (nSPS) is 24.4. The summed E-state index contributed by atoms with van der Waals surface area (Å²) in [6.45, 7) is 5.70. The molecule has 0 aliphatic carbocycles. The molecule has 8 unspecified atom stereocenters. The number of carbonyl (C=O) groups is 1. The average molecular weight is 773 g/mol. The van der Waals surface area contributed by atoms with Crippen LogP contribution in [0.3, 0.4) is 0 Å². The van der Waals surface area contributed by atoms with E-state index in [4.69, 9.17) is 0 Å². The van der Waals surface area contributed by atoms with Crippen molar-refractivity contribution in [1.82, 2.24) is 10.6 Å². The van der Waals surface area contributed by atoms with Gasteiger partial charge in [-0.25, -0.2) is 0 Å². The quantitative estimate of drug-likeness (QED) is 0.0607. The molecule has 1 saturated heterocycles. The second kappa shape index (κ2) is 23.0. The lowest BCUT2D eigenvalue weighted by Gasteiger charge is -2.38. The molecule has 8 N–H and O–H groups in total. The molecule has 0 aromatic heterocycles. The smallest absolute Gasteiger partial charge is 0.303 e. The third-order valence-corrected chi connectivity index (χ3v) is 11.7. The minimum Gasteiger partial charge on any atom is -0.508 e. The van der Waals surface area contributed by atoms with Crippen LogP contribution in [0.4, 0.5) is 0 Å². The molecule has 0 saturated carbocycles. The largest absolute Gasteiger partial charge is 0.508 e. The summed E-state index contributed by atoms with van der Waals surface area (Å²) in [5.74, 6) is 6.17. The lowest BCUT2D eigenvalue weighted by molar-refractivity contribution is -0.138. The van der Waals surface area contributed by atoms with Crippen LogP contribution in [0.15, 0.2) is 71.8 Å². The van der Waals surface area contributed by atoms with E-state index in [0.717, 1.165) is 79.2 Å². The molecule has 9 heteroatoms. The third kappa shape index (κ3) is 14.8. The van der Waals surface area contributed by atoms with Crippen molar-refractivity contribution in [3.8, 4) is 17.6 Å². The fourth-order valence-corrected chi connectivity index (χ4v) is 8.48. The lowest BCUT2D eigenvalue weighted by atomic mass is 9.82. The van der Waals surface area contributed by atoms with Crippen molar-refractivity contribution in [3.05, 3.63) is 88.5 Å². The molecule has 56 heavy (non-hydrogen) atoms. The molecule has 2 aromatic carbocycles. The van der Waals surface area contributed by atoms with Crippen LogP contribution in [0, 0.1) is 17.8 Å². The maximum Gasteiger partial charge on any atom is 0.303 e. The number of phenols is 1. The number of hydrogen-bond acceptors (Lipinski definition) is 8. The van der Waals surface area contributed by atoms with Gasteiger partial charge < -0.3 is 41.3 Å². The average Bonchev–Trinajstić information content (AvgIpc) is 3.33. The molecule has 0 amide bonds. The van der Waals surface area contributed by atoms with Crippen LogP contribution in [-0.4, -0.2) is 85.2 Å². The van der Waals surface area contributed by atoms with E-state index in [0.29, 0.717) is 38.5 Å². The van der Waals surface area contributed by atoms with Gasteiger partial charge in [0.25, 0.3) is 0 Å². The summed E-state index contributed by atoms with van der Waals surface area (Å²) in [6, 6.07) is 14.4. The number of allylic oxidation sites excluding steroid dienone is 2. The van der Waals surface area contributed by atoms with Gasteiger partial charge in [-0.15, -0.1) is 0 Å². The Balaban J connectivity index is 1.81. The molecule has 9 nitrogen and oxygen atoms in total. The summed E-state index contributed by atoms with van der Waals surface area (Å²) in [5.41, 5.74) is 3.47. The number of carboxylic acids is 1. The highest BCUT2D eigenvalue weighted by Crippen LogP contribution is 2.31. The Bertz CT molecular complexity index is 1620. The molecule has 8 atom stereocenters. The number of nitrogens with one attached hydrogen (secondary N) is 2. The van der Waals surface area contributed by atoms with Gasteiger partial charge in [0.15, 0.2) is 0 Å². The molecule has 2 aliphatic rings. The highest BCUT2D eigenvalue weighted by Gasteiger charge is 2.35. The Morgan fingerprint density at radius 3 is 2.52 bits per heavy atom. The fourth-order valence-electron chi connectivity index (χ4n) is 8.48. The Morgan fingerprint density at radius 2 is 1.79 bits per heavy atom. The minimum absolute atomic E-state index is 0.0229. The van der Waals surface area contributed by atoms with Crippen LogP contribution in [0.1, 0.15) is 127 Å². The summed E-state index contributed by atoms with van der Waals surface area (Å²) < 4.78 is 0. The van der Waals surface area contributed by atoms with Crippen LogP contribution < -0.4 is 10.6 Å². The molecule has 2 aliphatic heterocycles. The highest BCUT2D eigenvalue weighted by molar-refractivity contribution is 5.67. The van der Waals surface area contributed by atoms with Gasteiger partial charge in [-0.05, 0) is 112 Å². The van der Waals surface area contributed by atoms with Crippen molar-refractivity contribution in [2.24, 2.45) is 5.92 Å². The number of carboxylic acid groups (broad SMARTS) is 1. The molecular formula is C47H68N2O7. The summed E-state index contributed by atoms with van der Waals surface area (Å²) in [4.78, 5) is 11.9. The van der Waals surface area contributed by atoms with E-state index < -0.39 is 36.4 Å². The van der Waals surface area contributed by atoms with Gasteiger partial charge in [0, 0.05) is 49.0 Å². The van der Waals surface area contributed by atoms with E-state index in [2.05, 4.69) is 42.4 Å². The van der Waals surface area contributed by atoms with Crippen LogP contribution in [-0.2, 0) is 17.6 Å². The number of rotatable bonds is 18. The Kier molecular flexibility index (Phi) is 18.6. The number of unbranched alkanes of at least 4 members (excludes halogenated alkanes) is 2. The second-order valence-electron chi connectivity index (χ2n) is 16.5. The van der Waals surface area contributed by atoms with Crippen LogP contribution in [0.5, 0.6) is 5.75 Å². The first-order valence-corrected chi connectivity index (χ1v) is 21.1. The molecule has 2 aromatic rings. The summed E-state index contributed by atoms with van der Waals surface area (Å²) >= 11 is 0. The van der Waals surface area contributed by atoms with Gasteiger partial charge in [-0.2, -0.15) is 0 Å². The van der Waals surface area contributed by atoms with E-state index in [9.17, 15) is 35.4 Å². The Morgan fingerprint density at radius 1 is 1.02 bits per heavy atom. The zero-order valence-corrected chi connectivity index (χ0v) is 33.9. The van der Waals surface area contributed by atoms with Gasteiger partial charge in [0.2, 0.25) is 0 Å². The van der Waals surface area contributed by atoms with Gasteiger partial charge in [-0.3, -0.25) is 4.79 Å². The number of benzene rings is 2. The third-order valence-electron chi connectivity index (χ3n) is 11.7. The number of fused-ring (bicyclic) bond motifs is 1. The van der Waals surface area contributed by atoms with Crippen LogP contribution in [0.2, 0.25) is 0 Å². The van der Waals surface area contributed by atoms with Gasteiger partial charge in [-0.1, -0.05) is 93.4 Å². The molecular weight excluding hydrogens is 705 g/mol. The Labute approximate surface area is 335 Å². The zero-order valence-electron chi connectivity index (χ0n) is 33.9. The highest BCUT2D eigenvalue weighted by atomic mass is 16.4. The van der Waals surface area contributed by atoms with Crippen molar-refractivity contribution in [2.75, 3.05) is 6.61 Å². The molecule has 308 valence electrons. The first-order chi connectivity index (χ1) is 26.9. The number of aliphatic hydroxyl groups excluding tert-OH is 3. The Hall–Kier alpha value is -3.49. The summed E-state index contributed by atoms with van der Waals surface area (Å²) in [7, 11) is 0. The van der Waals surface area contributed by atoms with Crippen molar-refractivity contribution in [3.63, 3.8) is 0 Å². The topological polar surface area (TPSA) is 163 Å². The number of phenolic OH excluding ortho intramolecular Hbond substituents is 1. The molecule has 0 bridgehead atoms.